The number of hydrogen-bond acceptors (Lipinski definition) is 4. The van der Waals surface area contributed by atoms with Crippen LogP contribution in [0, 0.1) is 0 Å². The zero-order valence-corrected chi connectivity index (χ0v) is 14.1. The van der Waals surface area contributed by atoms with Crippen LogP contribution in [0.25, 0.3) is 0 Å². The Morgan fingerprint density at radius 1 is 1.23 bits per heavy atom. The first kappa shape index (κ1) is 17.0. The lowest BCUT2D eigenvalue weighted by atomic mass is 9.75. The number of hydrogen-bond donors (Lipinski definition) is 1. The molecule has 1 aromatic carbocycles. The average molecular weight is 305 g/mol. The molecule has 1 fully saturated rings. The number of aryl methyl sites for hydroxylation is 1. The Morgan fingerprint density at radius 2 is 1.82 bits per heavy atom. The molecule has 0 spiro atoms. The average Bonchev–Trinajstić information content (AvgIpc) is 2.67. The van der Waals surface area contributed by atoms with Crippen molar-refractivity contribution in [3.05, 3.63) is 29.3 Å². The minimum absolute atomic E-state index is 0.266. The van der Waals surface area contributed by atoms with E-state index >= 15 is 0 Å². The maximum Gasteiger partial charge on any atom is 0.495 e. The van der Waals surface area contributed by atoms with Crippen LogP contribution >= 0.6 is 0 Å². The Labute approximate surface area is 132 Å². The molecule has 0 aliphatic carbocycles. The molecule has 2 rings (SSSR count). The molecule has 0 bridgehead atoms. The molecule has 1 amide bonds. The second-order valence-corrected chi connectivity index (χ2v) is 6.49. The lowest BCUT2D eigenvalue weighted by Crippen LogP contribution is -2.41. The molecule has 22 heavy (non-hydrogen) atoms. The van der Waals surface area contributed by atoms with E-state index in [0.29, 0.717) is 5.56 Å². The first-order valence-corrected chi connectivity index (χ1v) is 7.53. The first-order valence-electron chi connectivity index (χ1n) is 7.53. The van der Waals surface area contributed by atoms with Gasteiger partial charge in [0.15, 0.2) is 0 Å². The summed E-state index contributed by atoms with van der Waals surface area (Å²) in [5, 5.41) is 0. The van der Waals surface area contributed by atoms with Crippen LogP contribution in [0.1, 0.15) is 50.5 Å². The number of amides is 1. The fourth-order valence-electron chi connectivity index (χ4n) is 2.40. The molecular formula is C16H24BNO4. The SMILES string of the molecule is CCc1cc(C(=O)NOC)ccc1B1OC(C)(C)C(C)(C)O1. The van der Waals surface area contributed by atoms with Crippen molar-refractivity contribution >= 4 is 18.5 Å². The van der Waals surface area contributed by atoms with Gasteiger partial charge in [0.2, 0.25) is 0 Å². The van der Waals surface area contributed by atoms with E-state index < -0.39 is 7.12 Å². The molecule has 0 aromatic heterocycles. The summed E-state index contributed by atoms with van der Waals surface area (Å²) in [6.45, 7) is 10.2. The first-order chi connectivity index (χ1) is 10.2. The summed E-state index contributed by atoms with van der Waals surface area (Å²) in [4.78, 5) is 16.5. The van der Waals surface area contributed by atoms with E-state index in [1.165, 1.54) is 7.11 Å². The predicted octanol–water partition coefficient (Wildman–Crippen LogP) is 1.84. The molecule has 1 N–H and O–H groups in total. The van der Waals surface area contributed by atoms with Gasteiger partial charge < -0.3 is 9.31 Å². The van der Waals surface area contributed by atoms with Crippen LogP contribution in [-0.2, 0) is 20.6 Å². The van der Waals surface area contributed by atoms with Crippen LogP contribution in [0.3, 0.4) is 0 Å². The zero-order chi connectivity index (χ0) is 16.5. The number of rotatable bonds is 4. The Hall–Kier alpha value is -1.37. The fraction of sp³-hybridized carbons (Fsp3) is 0.562. The third kappa shape index (κ3) is 3.04. The lowest BCUT2D eigenvalue weighted by Gasteiger charge is -2.32. The molecule has 0 radical (unpaired) electrons. The molecule has 1 saturated heterocycles. The van der Waals surface area contributed by atoms with Gasteiger partial charge in [-0.1, -0.05) is 13.0 Å². The molecular weight excluding hydrogens is 281 g/mol. The highest BCUT2D eigenvalue weighted by Crippen LogP contribution is 2.36. The summed E-state index contributed by atoms with van der Waals surface area (Å²) in [5.74, 6) is -0.266. The topological polar surface area (TPSA) is 56.8 Å². The van der Waals surface area contributed by atoms with Crippen molar-refractivity contribution in [3.63, 3.8) is 0 Å². The van der Waals surface area contributed by atoms with E-state index in [1.54, 1.807) is 6.07 Å². The van der Waals surface area contributed by atoms with Crippen molar-refractivity contribution in [1.29, 1.82) is 0 Å². The predicted molar refractivity (Wildman–Crippen MR) is 86.0 cm³/mol. The van der Waals surface area contributed by atoms with Crippen LogP contribution in [0.2, 0.25) is 0 Å². The Balaban J connectivity index is 2.31. The van der Waals surface area contributed by atoms with E-state index in [2.05, 4.69) is 10.3 Å². The number of nitrogens with one attached hydrogen (secondary N) is 1. The normalized spacial score (nSPS) is 19.3. The van der Waals surface area contributed by atoms with Crippen molar-refractivity contribution in [3.8, 4) is 0 Å². The summed E-state index contributed by atoms with van der Waals surface area (Å²) in [6.07, 6.45) is 0.785. The highest BCUT2D eigenvalue weighted by atomic mass is 16.7. The second-order valence-electron chi connectivity index (χ2n) is 6.49. The van der Waals surface area contributed by atoms with Gasteiger partial charge in [0.25, 0.3) is 5.91 Å². The molecule has 120 valence electrons. The summed E-state index contributed by atoms with van der Waals surface area (Å²) >= 11 is 0. The van der Waals surface area contributed by atoms with E-state index in [-0.39, 0.29) is 17.1 Å². The van der Waals surface area contributed by atoms with Crippen molar-refractivity contribution in [2.75, 3.05) is 7.11 Å². The smallest absolute Gasteiger partial charge is 0.399 e. The molecule has 1 aliphatic heterocycles. The summed E-state index contributed by atoms with van der Waals surface area (Å²) in [6, 6.07) is 5.51. The summed E-state index contributed by atoms with van der Waals surface area (Å²) < 4.78 is 12.2. The Bertz CT molecular complexity index is 555. The van der Waals surface area contributed by atoms with E-state index in [4.69, 9.17) is 9.31 Å². The van der Waals surface area contributed by atoms with Crippen LogP contribution in [0.4, 0.5) is 0 Å². The minimum Gasteiger partial charge on any atom is -0.399 e. The van der Waals surface area contributed by atoms with Gasteiger partial charge in [-0.3, -0.25) is 9.63 Å². The highest BCUT2D eigenvalue weighted by Gasteiger charge is 2.52. The van der Waals surface area contributed by atoms with Gasteiger partial charge in [-0.2, -0.15) is 0 Å². The molecule has 5 nitrogen and oxygen atoms in total. The van der Waals surface area contributed by atoms with Gasteiger partial charge in [-0.15, -0.1) is 0 Å². The van der Waals surface area contributed by atoms with Crippen molar-refractivity contribution in [2.45, 2.75) is 52.2 Å². The Kier molecular flexibility index (Phi) is 4.66. The van der Waals surface area contributed by atoms with Crippen LogP contribution in [0.5, 0.6) is 0 Å². The van der Waals surface area contributed by atoms with E-state index in [1.807, 2.05) is 46.8 Å². The molecule has 1 aromatic rings. The number of benzene rings is 1. The number of carbonyl (C=O) groups is 1. The molecule has 0 unspecified atom stereocenters. The van der Waals surface area contributed by atoms with Crippen molar-refractivity contribution < 1.29 is 18.9 Å². The fourth-order valence-corrected chi connectivity index (χ4v) is 2.40. The third-order valence-corrected chi connectivity index (χ3v) is 4.49. The second kappa shape index (κ2) is 6.03. The largest absolute Gasteiger partial charge is 0.495 e. The molecule has 1 aliphatic rings. The van der Waals surface area contributed by atoms with Gasteiger partial charge >= 0.3 is 7.12 Å². The van der Waals surface area contributed by atoms with Gasteiger partial charge in [0, 0.05) is 5.56 Å². The summed E-state index contributed by atoms with van der Waals surface area (Å²) in [7, 11) is 0.997. The standard InChI is InChI=1S/C16H24BNO4/c1-7-11-10-12(14(19)18-20-6)8-9-13(11)17-21-15(2,3)16(4,5)22-17/h8-10H,7H2,1-6H3,(H,18,19). The highest BCUT2D eigenvalue weighted by molar-refractivity contribution is 6.62. The quantitative estimate of drug-likeness (QED) is 0.681. The lowest BCUT2D eigenvalue weighted by molar-refractivity contribution is 0.00578. The van der Waals surface area contributed by atoms with Crippen molar-refractivity contribution in [1.82, 2.24) is 5.48 Å². The van der Waals surface area contributed by atoms with Gasteiger partial charge in [0.1, 0.15) is 0 Å². The molecule has 0 saturated carbocycles. The van der Waals surface area contributed by atoms with Gasteiger partial charge in [-0.05, 0) is 57.3 Å². The van der Waals surface area contributed by atoms with E-state index in [0.717, 1.165) is 17.4 Å². The molecule has 6 heteroatoms. The van der Waals surface area contributed by atoms with Gasteiger partial charge in [0.05, 0.1) is 18.3 Å². The zero-order valence-electron chi connectivity index (χ0n) is 14.1. The third-order valence-electron chi connectivity index (χ3n) is 4.49. The minimum atomic E-state index is -0.417. The maximum absolute atomic E-state index is 11.9. The van der Waals surface area contributed by atoms with E-state index in [9.17, 15) is 4.79 Å². The van der Waals surface area contributed by atoms with Gasteiger partial charge in [-0.25, -0.2) is 5.48 Å². The maximum atomic E-state index is 11.9. The number of hydroxylamine groups is 1. The van der Waals surface area contributed by atoms with Crippen LogP contribution in [0.15, 0.2) is 18.2 Å². The number of carbonyl (C=O) groups excluding carboxylic acids is 1. The van der Waals surface area contributed by atoms with Crippen LogP contribution in [-0.4, -0.2) is 31.3 Å². The Morgan fingerprint density at radius 3 is 2.32 bits per heavy atom. The molecule has 0 atom stereocenters. The van der Waals surface area contributed by atoms with Crippen molar-refractivity contribution in [2.24, 2.45) is 0 Å². The summed E-state index contributed by atoms with van der Waals surface area (Å²) in [5.41, 5.74) is 4.12. The monoisotopic (exact) mass is 305 g/mol. The van der Waals surface area contributed by atoms with Crippen LogP contribution < -0.4 is 10.9 Å². The molecule has 1 heterocycles.